The van der Waals surface area contributed by atoms with E-state index in [9.17, 15) is 13.2 Å². The number of rotatable bonds is 8. The molecule has 0 heterocycles. The van der Waals surface area contributed by atoms with E-state index in [4.69, 9.17) is 10.00 Å². The normalized spacial score (nSPS) is 11.2. The Bertz CT molecular complexity index is 652. The van der Waals surface area contributed by atoms with Crippen molar-refractivity contribution in [1.82, 2.24) is 4.31 Å². The number of ether oxygens (including phenoxy) is 1. The Hall–Kier alpha value is -1.95. The SMILES string of the molecule is COCCCN(CC(=O)Nc1cccc(C#N)c1)S(C)(=O)=O. The van der Waals surface area contributed by atoms with Crippen LogP contribution in [0.1, 0.15) is 12.0 Å². The molecule has 22 heavy (non-hydrogen) atoms. The summed E-state index contributed by atoms with van der Waals surface area (Å²) in [6.45, 7) is 0.343. The average Bonchev–Trinajstić information content (AvgIpc) is 2.45. The molecule has 0 aromatic heterocycles. The van der Waals surface area contributed by atoms with Gasteiger partial charge >= 0.3 is 0 Å². The largest absolute Gasteiger partial charge is 0.385 e. The summed E-state index contributed by atoms with van der Waals surface area (Å²) in [5.41, 5.74) is 0.868. The molecule has 1 aromatic carbocycles. The number of nitriles is 1. The number of anilines is 1. The minimum atomic E-state index is -3.48. The van der Waals surface area contributed by atoms with Crippen LogP contribution in [0, 0.1) is 11.3 Å². The summed E-state index contributed by atoms with van der Waals surface area (Å²) in [6, 6.07) is 8.38. The van der Waals surface area contributed by atoms with Gasteiger partial charge in [0.25, 0.3) is 0 Å². The zero-order valence-electron chi connectivity index (χ0n) is 12.6. The number of carbonyl (C=O) groups is 1. The van der Waals surface area contributed by atoms with Crippen LogP contribution in [0.4, 0.5) is 5.69 Å². The second kappa shape index (κ2) is 8.48. The molecular weight excluding hydrogens is 306 g/mol. The van der Waals surface area contributed by atoms with Crippen molar-refractivity contribution in [1.29, 1.82) is 5.26 Å². The summed E-state index contributed by atoms with van der Waals surface area (Å²) in [5.74, 6) is -0.460. The highest BCUT2D eigenvalue weighted by Crippen LogP contribution is 2.10. The molecule has 0 fully saturated rings. The zero-order valence-corrected chi connectivity index (χ0v) is 13.4. The van der Waals surface area contributed by atoms with Crippen LogP contribution in [0.3, 0.4) is 0 Å². The van der Waals surface area contributed by atoms with Crippen LogP contribution in [0.5, 0.6) is 0 Å². The van der Waals surface area contributed by atoms with E-state index in [2.05, 4.69) is 5.32 Å². The molecule has 0 bridgehead atoms. The number of methoxy groups -OCH3 is 1. The van der Waals surface area contributed by atoms with Crippen LogP contribution in [-0.4, -0.2) is 51.7 Å². The first-order chi connectivity index (χ1) is 10.4. The molecule has 0 spiro atoms. The average molecular weight is 325 g/mol. The van der Waals surface area contributed by atoms with Gasteiger partial charge in [-0.05, 0) is 24.6 Å². The van der Waals surface area contributed by atoms with Crippen LogP contribution in [0.2, 0.25) is 0 Å². The van der Waals surface area contributed by atoms with E-state index in [1.54, 1.807) is 18.2 Å². The second-order valence-electron chi connectivity index (χ2n) is 4.68. The lowest BCUT2D eigenvalue weighted by atomic mass is 10.2. The number of nitrogens with one attached hydrogen (secondary N) is 1. The Kier molecular flexibility index (Phi) is 6.98. The molecule has 0 aliphatic rings. The van der Waals surface area contributed by atoms with Gasteiger partial charge in [0, 0.05) is 25.9 Å². The molecule has 1 amide bonds. The van der Waals surface area contributed by atoms with E-state index in [0.29, 0.717) is 24.3 Å². The van der Waals surface area contributed by atoms with Crippen LogP contribution in [0.15, 0.2) is 24.3 Å². The Morgan fingerprint density at radius 2 is 2.18 bits per heavy atom. The van der Waals surface area contributed by atoms with Crippen LogP contribution < -0.4 is 5.32 Å². The minimum absolute atomic E-state index is 0.207. The van der Waals surface area contributed by atoms with Crippen molar-refractivity contribution < 1.29 is 17.9 Å². The minimum Gasteiger partial charge on any atom is -0.385 e. The van der Waals surface area contributed by atoms with Gasteiger partial charge in [-0.3, -0.25) is 4.79 Å². The molecular formula is C14H19N3O4S. The van der Waals surface area contributed by atoms with Gasteiger partial charge in [0.2, 0.25) is 15.9 Å². The van der Waals surface area contributed by atoms with E-state index in [1.165, 1.54) is 13.2 Å². The highest BCUT2D eigenvalue weighted by molar-refractivity contribution is 7.88. The molecule has 0 aliphatic heterocycles. The fraction of sp³-hybridized carbons (Fsp3) is 0.429. The van der Waals surface area contributed by atoms with E-state index < -0.39 is 15.9 Å². The number of nitrogens with zero attached hydrogens (tertiary/aromatic N) is 2. The maximum atomic E-state index is 12.0. The maximum Gasteiger partial charge on any atom is 0.239 e. The van der Waals surface area contributed by atoms with Gasteiger partial charge in [0.15, 0.2) is 0 Å². The molecule has 1 aromatic rings. The van der Waals surface area contributed by atoms with Crippen molar-refractivity contribution in [2.45, 2.75) is 6.42 Å². The summed E-state index contributed by atoms with van der Waals surface area (Å²) >= 11 is 0. The van der Waals surface area contributed by atoms with Crippen LogP contribution >= 0.6 is 0 Å². The highest BCUT2D eigenvalue weighted by Gasteiger charge is 2.19. The lowest BCUT2D eigenvalue weighted by molar-refractivity contribution is -0.116. The van der Waals surface area contributed by atoms with Crippen molar-refractivity contribution in [3.8, 4) is 6.07 Å². The number of benzene rings is 1. The van der Waals surface area contributed by atoms with Gasteiger partial charge in [-0.1, -0.05) is 6.07 Å². The summed E-state index contributed by atoms with van der Waals surface area (Å²) in [7, 11) is -1.95. The monoisotopic (exact) mass is 325 g/mol. The molecule has 1 rings (SSSR count). The van der Waals surface area contributed by atoms with Gasteiger partial charge in [-0.15, -0.1) is 0 Å². The van der Waals surface area contributed by atoms with Crippen molar-refractivity contribution in [2.75, 3.05) is 38.4 Å². The van der Waals surface area contributed by atoms with E-state index in [0.717, 1.165) is 10.6 Å². The number of sulfonamides is 1. The molecule has 8 heteroatoms. The molecule has 1 N–H and O–H groups in total. The van der Waals surface area contributed by atoms with Gasteiger partial charge in [0.05, 0.1) is 24.4 Å². The summed E-state index contributed by atoms with van der Waals surface area (Å²) in [4.78, 5) is 12.0. The number of carbonyl (C=O) groups excluding carboxylic acids is 1. The fourth-order valence-corrected chi connectivity index (χ4v) is 2.59. The van der Waals surface area contributed by atoms with Crippen molar-refractivity contribution in [2.24, 2.45) is 0 Å². The Balaban J connectivity index is 2.68. The van der Waals surface area contributed by atoms with Crippen LogP contribution in [0.25, 0.3) is 0 Å². The third-order valence-corrected chi connectivity index (χ3v) is 4.07. The third-order valence-electron chi connectivity index (χ3n) is 2.82. The molecule has 0 saturated carbocycles. The van der Waals surface area contributed by atoms with E-state index in [-0.39, 0.29) is 13.1 Å². The summed E-state index contributed by atoms with van der Waals surface area (Å²) in [5, 5.41) is 11.4. The Morgan fingerprint density at radius 1 is 1.45 bits per heavy atom. The van der Waals surface area contributed by atoms with Gasteiger partial charge in [-0.2, -0.15) is 9.57 Å². The summed E-state index contributed by atoms with van der Waals surface area (Å²) in [6.07, 6.45) is 1.56. The van der Waals surface area contributed by atoms with Crippen molar-refractivity contribution >= 4 is 21.6 Å². The first-order valence-corrected chi connectivity index (χ1v) is 8.45. The molecule has 0 atom stereocenters. The maximum absolute atomic E-state index is 12.0. The molecule has 0 saturated heterocycles. The lowest BCUT2D eigenvalue weighted by Gasteiger charge is -2.19. The number of hydrogen-bond donors (Lipinski definition) is 1. The Labute approximate surface area is 130 Å². The Morgan fingerprint density at radius 3 is 2.77 bits per heavy atom. The number of amides is 1. The summed E-state index contributed by atoms with van der Waals surface area (Å²) < 4.78 is 29.3. The first-order valence-electron chi connectivity index (χ1n) is 6.61. The molecule has 7 nitrogen and oxygen atoms in total. The molecule has 0 aliphatic carbocycles. The molecule has 0 unspecified atom stereocenters. The smallest absolute Gasteiger partial charge is 0.239 e. The van der Waals surface area contributed by atoms with E-state index >= 15 is 0 Å². The predicted molar refractivity (Wildman–Crippen MR) is 82.7 cm³/mol. The third kappa shape index (κ3) is 6.22. The fourth-order valence-electron chi connectivity index (χ4n) is 1.77. The predicted octanol–water partition coefficient (Wildman–Crippen LogP) is 0.795. The van der Waals surface area contributed by atoms with Gasteiger partial charge in [-0.25, -0.2) is 8.42 Å². The molecule has 0 radical (unpaired) electrons. The first kappa shape index (κ1) is 18.1. The number of hydrogen-bond acceptors (Lipinski definition) is 5. The van der Waals surface area contributed by atoms with Crippen molar-refractivity contribution in [3.63, 3.8) is 0 Å². The quantitative estimate of drug-likeness (QED) is 0.713. The van der Waals surface area contributed by atoms with Crippen LogP contribution in [-0.2, 0) is 19.6 Å². The van der Waals surface area contributed by atoms with Crippen molar-refractivity contribution in [3.05, 3.63) is 29.8 Å². The zero-order chi connectivity index (χ0) is 16.6. The van der Waals surface area contributed by atoms with E-state index in [1.807, 2.05) is 6.07 Å². The lowest BCUT2D eigenvalue weighted by Crippen LogP contribution is -2.38. The molecule has 120 valence electrons. The topological polar surface area (TPSA) is 99.5 Å². The second-order valence-corrected chi connectivity index (χ2v) is 6.67. The van der Waals surface area contributed by atoms with Gasteiger partial charge in [0.1, 0.15) is 0 Å². The standard InChI is InChI=1S/C14H19N3O4S/c1-21-8-4-7-17(22(2,19)20)11-14(18)16-13-6-3-5-12(9-13)10-15/h3,5-6,9H,4,7-8,11H2,1-2H3,(H,16,18). The van der Waals surface area contributed by atoms with Gasteiger partial charge < -0.3 is 10.1 Å². The highest BCUT2D eigenvalue weighted by atomic mass is 32.2.